The molecule has 4 atom stereocenters. The third kappa shape index (κ3) is 3.63. The second-order valence-corrected chi connectivity index (χ2v) is 14.0. The van der Waals surface area contributed by atoms with Crippen molar-refractivity contribution < 1.29 is 25.5 Å². The number of rotatable bonds is 4. The summed E-state index contributed by atoms with van der Waals surface area (Å²) >= 11 is 0. The number of aliphatic hydroxyl groups is 5. The predicted octanol–water partition coefficient (Wildman–Crippen LogP) is 9.29. The van der Waals surface area contributed by atoms with E-state index in [9.17, 15) is 25.5 Å². The molecule has 5 nitrogen and oxygen atoms in total. The van der Waals surface area contributed by atoms with Crippen molar-refractivity contribution in [2.75, 3.05) is 0 Å². The van der Waals surface area contributed by atoms with Crippen molar-refractivity contribution in [1.29, 1.82) is 0 Å². The molecule has 4 unspecified atom stereocenters. The molecule has 47 heavy (non-hydrogen) atoms. The summed E-state index contributed by atoms with van der Waals surface area (Å²) in [5.41, 5.74) is 4.81. The third-order valence-electron chi connectivity index (χ3n) is 12.0. The normalized spacial score (nSPS) is 31.6. The SMILES string of the molecule is OC1=Cc2ccccc2C1C1(C2C(O)=Cc3ccccc32)CCCC(C2C(O)=Cc3ccccc32)(C2C(O)=Cc3ccccc32)C1O. The van der Waals surface area contributed by atoms with Crippen LogP contribution < -0.4 is 0 Å². The highest BCUT2D eigenvalue weighted by Crippen LogP contribution is 2.73. The van der Waals surface area contributed by atoms with Crippen LogP contribution in [0.1, 0.15) is 87.4 Å². The van der Waals surface area contributed by atoms with Gasteiger partial charge in [-0.15, -0.1) is 0 Å². The van der Waals surface area contributed by atoms with Gasteiger partial charge in [0.1, 0.15) is 23.0 Å². The first-order valence-corrected chi connectivity index (χ1v) is 16.5. The van der Waals surface area contributed by atoms with Crippen LogP contribution in [0.5, 0.6) is 0 Å². The lowest BCUT2D eigenvalue weighted by atomic mass is 9.43. The minimum atomic E-state index is -1.22. The van der Waals surface area contributed by atoms with Gasteiger partial charge in [0.2, 0.25) is 0 Å². The molecular weight excluding hydrogens is 584 g/mol. The fraction of sp³-hybridized carbons (Fsp3) is 0.238. The Kier molecular flexibility index (Phi) is 6.01. The molecule has 4 aromatic rings. The van der Waals surface area contributed by atoms with Crippen molar-refractivity contribution >= 4 is 24.3 Å². The highest BCUT2D eigenvalue weighted by Gasteiger charge is 2.69. The molecule has 0 amide bonds. The van der Waals surface area contributed by atoms with E-state index >= 15 is 0 Å². The van der Waals surface area contributed by atoms with E-state index in [1.54, 1.807) is 24.3 Å². The molecule has 0 heterocycles. The second-order valence-electron chi connectivity index (χ2n) is 14.0. The summed E-state index contributed by atoms with van der Waals surface area (Å²) in [4.78, 5) is 0. The van der Waals surface area contributed by atoms with E-state index in [2.05, 4.69) is 0 Å². The number of aliphatic hydroxyl groups excluding tert-OH is 5. The molecule has 5 N–H and O–H groups in total. The number of hydrogen-bond donors (Lipinski definition) is 5. The average molecular weight is 621 g/mol. The molecule has 0 radical (unpaired) electrons. The van der Waals surface area contributed by atoms with Crippen molar-refractivity contribution in [1.82, 2.24) is 0 Å². The molecule has 1 fully saturated rings. The summed E-state index contributed by atoms with van der Waals surface area (Å²) in [6, 6.07) is 31.5. The topological polar surface area (TPSA) is 101 Å². The minimum Gasteiger partial charge on any atom is -0.512 e. The van der Waals surface area contributed by atoms with Crippen molar-refractivity contribution in [3.63, 3.8) is 0 Å². The van der Waals surface area contributed by atoms with E-state index in [4.69, 9.17) is 0 Å². The standard InChI is InChI=1S/C42H36O5/c43-32-20-24-10-1-5-14-28(24)36(32)41(37-29-15-6-2-11-25(29)21-33(37)44)18-9-19-42(40(41)47,38-30-16-7-3-12-26(30)22-34(38)45)39-31-17-8-4-13-27(31)23-35(39)46/h1-8,10-17,20-23,36-40,43-47H,9,18-19H2. The van der Waals surface area contributed by atoms with Crippen LogP contribution in [0.25, 0.3) is 24.3 Å². The van der Waals surface area contributed by atoms with Crippen LogP contribution in [-0.2, 0) is 0 Å². The second kappa shape index (κ2) is 10.00. The zero-order valence-electron chi connectivity index (χ0n) is 25.8. The van der Waals surface area contributed by atoms with Gasteiger partial charge in [0, 0.05) is 10.8 Å². The highest BCUT2D eigenvalue weighted by atomic mass is 16.3. The maximum Gasteiger partial charge on any atom is 0.101 e. The van der Waals surface area contributed by atoms with Gasteiger partial charge in [-0.2, -0.15) is 0 Å². The molecule has 234 valence electrons. The first kappa shape index (κ1) is 28.2. The van der Waals surface area contributed by atoms with Gasteiger partial charge < -0.3 is 25.5 Å². The number of fused-ring (bicyclic) bond motifs is 4. The molecule has 0 saturated heterocycles. The molecule has 5 aliphatic carbocycles. The van der Waals surface area contributed by atoms with Crippen molar-refractivity contribution in [3.05, 3.63) is 165 Å². The smallest absolute Gasteiger partial charge is 0.101 e. The van der Waals surface area contributed by atoms with E-state index in [0.29, 0.717) is 19.3 Å². The summed E-state index contributed by atoms with van der Waals surface area (Å²) < 4.78 is 0. The lowest BCUT2D eigenvalue weighted by Crippen LogP contribution is -2.60. The Morgan fingerprint density at radius 1 is 0.404 bits per heavy atom. The molecule has 9 rings (SSSR count). The van der Waals surface area contributed by atoms with Crippen molar-refractivity contribution in [2.24, 2.45) is 10.8 Å². The molecule has 0 spiro atoms. The minimum absolute atomic E-state index is 0.149. The lowest BCUT2D eigenvalue weighted by Gasteiger charge is -2.61. The molecule has 5 heteroatoms. The van der Waals surface area contributed by atoms with Crippen LogP contribution in [0.2, 0.25) is 0 Å². The largest absolute Gasteiger partial charge is 0.512 e. The Balaban J connectivity index is 1.36. The van der Waals surface area contributed by atoms with Crippen molar-refractivity contribution in [3.8, 4) is 0 Å². The Labute approximate surface area is 273 Å². The van der Waals surface area contributed by atoms with Gasteiger partial charge in [-0.25, -0.2) is 0 Å². The van der Waals surface area contributed by atoms with Crippen molar-refractivity contribution in [2.45, 2.75) is 49.0 Å². The van der Waals surface area contributed by atoms with Crippen LogP contribution >= 0.6 is 0 Å². The average Bonchev–Trinajstić information content (AvgIpc) is 3.80. The Bertz CT molecular complexity index is 1800. The van der Waals surface area contributed by atoms with Crippen LogP contribution in [0.4, 0.5) is 0 Å². The lowest BCUT2D eigenvalue weighted by molar-refractivity contribution is -0.150. The maximum atomic E-state index is 13.8. The number of allylic oxidation sites excluding steroid dienone is 4. The fourth-order valence-corrected chi connectivity index (χ4v) is 10.5. The molecule has 1 saturated carbocycles. The molecule has 0 aliphatic heterocycles. The van der Waals surface area contributed by atoms with Gasteiger partial charge in [-0.1, -0.05) is 103 Å². The van der Waals surface area contributed by atoms with Crippen LogP contribution in [0, 0.1) is 10.8 Å². The zero-order chi connectivity index (χ0) is 32.1. The summed E-state index contributed by atoms with van der Waals surface area (Å²) in [5.74, 6) is -1.99. The first-order chi connectivity index (χ1) is 22.9. The molecule has 0 aromatic heterocycles. The van der Waals surface area contributed by atoms with Gasteiger partial charge in [0.25, 0.3) is 0 Å². The third-order valence-corrected chi connectivity index (χ3v) is 12.0. The van der Waals surface area contributed by atoms with E-state index in [0.717, 1.165) is 44.5 Å². The van der Waals surface area contributed by atoms with E-state index in [1.807, 2.05) is 97.1 Å². The van der Waals surface area contributed by atoms with Gasteiger partial charge in [0.15, 0.2) is 0 Å². The maximum absolute atomic E-state index is 13.8. The van der Waals surface area contributed by atoms with Gasteiger partial charge in [0.05, 0.1) is 29.8 Å². The predicted molar refractivity (Wildman–Crippen MR) is 184 cm³/mol. The Morgan fingerprint density at radius 2 is 0.660 bits per heavy atom. The molecule has 0 bridgehead atoms. The summed E-state index contributed by atoms with van der Waals surface area (Å²) in [6.07, 6.45) is 7.57. The molecule has 5 aliphatic rings. The molecular formula is C42H36O5. The number of hydrogen-bond acceptors (Lipinski definition) is 5. The highest BCUT2D eigenvalue weighted by molar-refractivity contribution is 5.72. The van der Waals surface area contributed by atoms with Gasteiger partial charge >= 0.3 is 0 Å². The van der Waals surface area contributed by atoms with E-state index in [1.165, 1.54) is 0 Å². The van der Waals surface area contributed by atoms with E-state index < -0.39 is 40.6 Å². The zero-order valence-corrected chi connectivity index (χ0v) is 25.8. The van der Waals surface area contributed by atoms with Crippen LogP contribution in [0.15, 0.2) is 120 Å². The summed E-state index contributed by atoms with van der Waals surface area (Å²) in [5, 5.41) is 61.7. The van der Waals surface area contributed by atoms with Crippen LogP contribution in [-0.4, -0.2) is 31.6 Å². The fourth-order valence-electron chi connectivity index (χ4n) is 10.5. The molecule has 4 aromatic carbocycles. The Hall–Kier alpha value is -5.00. The quantitative estimate of drug-likeness (QED) is 0.157. The monoisotopic (exact) mass is 620 g/mol. The Morgan fingerprint density at radius 3 is 0.936 bits per heavy atom. The van der Waals surface area contributed by atoms with Crippen LogP contribution in [0.3, 0.4) is 0 Å². The van der Waals surface area contributed by atoms with E-state index in [-0.39, 0.29) is 23.0 Å². The first-order valence-electron chi connectivity index (χ1n) is 16.5. The summed E-state index contributed by atoms with van der Waals surface area (Å²) in [6.45, 7) is 0. The van der Waals surface area contributed by atoms with Gasteiger partial charge in [-0.05, 0) is 81.7 Å². The number of benzene rings is 4. The summed E-state index contributed by atoms with van der Waals surface area (Å²) in [7, 11) is 0. The van der Waals surface area contributed by atoms with Gasteiger partial charge in [-0.3, -0.25) is 0 Å².